The second kappa shape index (κ2) is 10.0. The molecule has 0 spiro atoms. The van der Waals surface area contributed by atoms with Gasteiger partial charge in [-0.25, -0.2) is 0 Å². The monoisotopic (exact) mass is 414 g/mol. The number of thioether (sulfide) groups is 1. The summed E-state index contributed by atoms with van der Waals surface area (Å²) in [6.07, 6.45) is -8.24. The van der Waals surface area contributed by atoms with Gasteiger partial charge in [-0.1, -0.05) is 13.8 Å². The summed E-state index contributed by atoms with van der Waals surface area (Å²) in [5, 5.41) is -0.533. The molecule has 0 saturated carbocycles. The van der Waals surface area contributed by atoms with E-state index in [4.69, 9.17) is 4.74 Å². The third-order valence-electron chi connectivity index (χ3n) is 3.32. The van der Waals surface area contributed by atoms with Crippen molar-refractivity contribution >= 4 is 17.7 Å². The van der Waals surface area contributed by atoms with Gasteiger partial charge in [-0.2, -0.15) is 30.7 Å². The van der Waals surface area contributed by atoms with Gasteiger partial charge in [0.2, 0.25) is 0 Å². The zero-order valence-corrected chi connectivity index (χ0v) is 16.0. The number of rotatable bonds is 11. The van der Waals surface area contributed by atoms with Gasteiger partial charge in [0.05, 0.1) is 6.10 Å². The molecular formula is C16H25F7O2S. The Morgan fingerprint density at radius 1 is 0.962 bits per heavy atom. The molecule has 0 aromatic rings. The van der Waals surface area contributed by atoms with Crippen molar-refractivity contribution in [3.63, 3.8) is 0 Å². The molecule has 0 aromatic heterocycles. The SMILES string of the molecule is CC(C)CC(SCCCCC(F)(F)C(F)(F)C(F)(F)F)C(=O)OC(C)C. The van der Waals surface area contributed by atoms with Crippen LogP contribution in [0.25, 0.3) is 0 Å². The Morgan fingerprint density at radius 3 is 1.92 bits per heavy atom. The highest BCUT2D eigenvalue weighted by Gasteiger charge is 2.72. The van der Waals surface area contributed by atoms with E-state index in [1.165, 1.54) is 0 Å². The molecule has 1 atom stereocenters. The number of ether oxygens (including phenoxy) is 1. The Kier molecular flexibility index (Phi) is 9.77. The standard InChI is InChI=1S/C16H25F7O2S/c1-10(2)9-12(13(24)25-11(3)4)26-8-6-5-7-14(17,18)15(19,20)16(21,22)23/h10-12H,5-9H2,1-4H3. The minimum absolute atomic E-state index is 0.0161. The van der Waals surface area contributed by atoms with Crippen LogP contribution < -0.4 is 0 Å². The summed E-state index contributed by atoms with van der Waals surface area (Å²) >= 11 is 1.13. The van der Waals surface area contributed by atoms with Crippen molar-refractivity contribution < 1.29 is 40.3 Å². The highest BCUT2D eigenvalue weighted by Crippen LogP contribution is 2.48. The van der Waals surface area contributed by atoms with Gasteiger partial charge in [-0.05, 0) is 44.8 Å². The molecule has 1 unspecified atom stereocenters. The number of carbonyl (C=O) groups is 1. The number of alkyl halides is 7. The lowest BCUT2D eigenvalue weighted by molar-refractivity contribution is -0.355. The summed E-state index contributed by atoms with van der Waals surface area (Å²) in [6.45, 7) is 7.13. The van der Waals surface area contributed by atoms with E-state index in [1.54, 1.807) is 13.8 Å². The molecule has 0 aromatic carbocycles. The van der Waals surface area contributed by atoms with E-state index in [0.29, 0.717) is 6.42 Å². The maximum absolute atomic E-state index is 13.2. The second-order valence-electron chi connectivity index (χ2n) is 6.71. The van der Waals surface area contributed by atoms with Crippen molar-refractivity contribution in [1.29, 1.82) is 0 Å². The Morgan fingerprint density at radius 2 is 1.50 bits per heavy atom. The average molecular weight is 414 g/mol. The van der Waals surface area contributed by atoms with Crippen LogP contribution in [0.1, 0.15) is 53.4 Å². The summed E-state index contributed by atoms with van der Waals surface area (Å²) in [7, 11) is 0. The van der Waals surface area contributed by atoms with E-state index < -0.39 is 42.1 Å². The molecule has 0 fully saturated rings. The Hall–Kier alpha value is -0.670. The van der Waals surface area contributed by atoms with Crippen LogP contribution in [0.5, 0.6) is 0 Å². The third kappa shape index (κ3) is 7.92. The quantitative estimate of drug-likeness (QED) is 0.233. The van der Waals surface area contributed by atoms with Gasteiger partial charge in [0.15, 0.2) is 0 Å². The van der Waals surface area contributed by atoms with E-state index in [2.05, 4.69) is 0 Å². The van der Waals surface area contributed by atoms with Gasteiger partial charge in [0.25, 0.3) is 0 Å². The fourth-order valence-electron chi connectivity index (χ4n) is 2.01. The molecule has 0 aliphatic rings. The van der Waals surface area contributed by atoms with Crippen molar-refractivity contribution in [3.05, 3.63) is 0 Å². The van der Waals surface area contributed by atoms with Gasteiger partial charge in [0.1, 0.15) is 5.25 Å². The van der Waals surface area contributed by atoms with Crippen LogP contribution in [0.4, 0.5) is 30.7 Å². The van der Waals surface area contributed by atoms with Crippen LogP contribution in [0.15, 0.2) is 0 Å². The van der Waals surface area contributed by atoms with Crippen LogP contribution in [0.3, 0.4) is 0 Å². The van der Waals surface area contributed by atoms with E-state index in [9.17, 15) is 35.5 Å². The van der Waals surface area contributed by atoms with E-state index in [-0.39, 0.29) is 24.2 Å². The molecule has 0 N–H and O–H groups in total. The molecular weight excluding hydrogens is 389 g/mol. The summed E-state index contributed by atoms with van der Waals surface area (Å²) < 4.78 is 93.1. The van der Waals surface area contributed by atoms with Gasteiger partial charge >= 0.3 is 24.0 Å². The number of hydrogen-bond donors (Lipinski definition) is 0. The van der Waals surface area contributed by atoms with E-state index in [1.807, 2.05) is 13.8 Å². The lowest BCUT2D eigenvalue weighted by Gasteiger charge is -2.28. The molecule has 0 amide bonds. The molecule has 0 saturated heterocycles. The van der Waals surface area contributed by atoms with Crippen LogP contribution in [0, 0.1) is 5.92 Å². The maximum atomic E-state index is 13.2. The smallest absolute Gasteiger partial charge is 0.459 e. The molecule has 0 rings (SSSR count). The normalized spacial score (nSPS) is 14.8. The first kappa shape index (κ1) is 25.3. The third-order valence-corrected chi connectivity index (χ3v) is 4.63. The first-order chi connectivity index (χ1) is 11.6. The first-order valence-corrected chi connectivity index (χ1v) is 9.31. The van der Waals surface area contributed by atoms with Crippen LogP contribution in [-0.4, -0.2) is 41.1 Å². The van der Waals surface area contributed by atoms with Crippen molar-refractivity contribution in [2.45, 2.75) is 82.8 Å². The largest absolute Gasteiger partial charge is 0.462 e. The fraction of sp³-hybridized carbons (Fsp3) is 0.938. The summed E-state index contributed by atoms with van der Waals surface area (Å²) in [5.41, 5.74) is 0. The summed E-state index contributed by atoms with van der Waals surface area (Å²) in [4.78, 5) is 12.0. The molecule has 0 aliphatic carbocycles. The summed E-state index contributed by atoms with van der Waals surface area (Å²) in [5.74, 6) is -11.3. The zero-order chi connectivity index (χ0) is 20.8. The first-order valence-electron chi connectivity index (χ1n) is 8.26. The predicted octanol–water partition coefficient (Wildman–Crippen LogP) is 6.09. The molecule has 0 bridgehead atoms. The van der Waals surface area contributed by atoms with Crippen molar-refractivity contribution in [1.82, 2.24) is 0 Å². The average Bonchev–Trinajstić information content (AvgIpc) is 2.42. The Balaban J connectivity index is 4.50. The Bertz CT molecular complexity index is 437. The number of unbranched alkanes of at least 4 members (excludes halogenated alkanes) is 1. The van der Waals surface area contributed by atoms with Crippen molar-refractivity contribution in [2.75, 3.05) is 5.75 Å². The van der Waals surface area contributed by atoms with Gasteiger partial charge in [-0.15, -0.1) is 11.8 Å². The molecule has 2 nitrogen and oxygen atoms in total. The second-order valence-corrected chi connectivity index (χ2v) is 8.02. The van der Waals surface area contributed by atoms with E-state index in [0.717, 1.165) is 11.8 Å². The van der Waals surface area contributed by atoms with Gasteiger partial charge in [0, 0.05) is 6.42 Å². The molecule has 10 heteroatoms. The van der Waals surface area contributed by atoms with E-state index >= 15 is 0 Å². The number of carbonyl (C=O) groups excluding carboxylic acids is 1. The van der Waals surface area contributed by atoms with Crippen LogP contribution in [-0.2, 0) is 9.53 Å². The summed E-state index contributed by atoms with van der Waals surface area (Å²) in [6, 6.07) is 0. The van der Waals surface area contributed by atoms with Gasteiger partial charge < -0.3 is 4.74 Å². The predicted molar refractivity (Wildman–Crippen MR) is 86.7 cm³/mol. The number of halogens is 7. The molecule has 0 radical (unpaired) electrons. The topological polar surface area (TPSA) is 26.3 Å². The number of hydrogen-bond acceptors (Lipinski definition) is 3. The van der Waals surface area contributed by atoms with Crippen LogP contribution in [0.2, 0.25) is 0 Å². The Labute approximate surface area is 153 Å². The number of esters is 1. The molecule has 156 valence electrons. The molecule has 0 aliphatic heterocycles. The fourth-order valence-corrected chi connectivity index (χ4v) is 3.38. The van der Waals surface area contributed by atoms with Crippen molar-refractivity contribution in [2.24, 2.45) is 5.92 Å². The lowest BCUT2D eigenvalue weighted by atomic mass is 10.0. The highest BCUT2D eigenvalue weighted by atomic mass is 32.2. The lowest BCUT2D eigenvalue weighted by Crippen LogP contribution is -2.51. The highest BCUT2D eigenvalue weighted by molar-refractivity contribution is 8.00. The molecule has 26 heavy (non-hydrogen) atoms. The maximum Gasteiger partial charge on any atom is 0.459 e. The van der Waals surface area contributed by atoms with Crippen molar-refractivity contribution in [3.8, 4) is 0 Å². The minimum atomic E-state index is -6.30. The zero-order valence-electron chi connectivity index (χ0n) is 15.1. The molecule has 0 heterocycles. The minimum Gasteiger partial charge on any atom is -0.462 e. The van der Waals surface area contributed by atoms with Crippen LogP contribution >= 0.6 is 11.8 Å². The van der Waals surface area contributed by atoms with Gasteiger partial charge in [-0.3, -0.25) is 4.79 Å².